The van der Waals surface area contributed by atoms with E-state index in [0.717, 1.165) is 12.2 Å². The van der Waals surface area contributed by atoms with Gasteiger partial charge in [0.2, 0.25) is 0 Å². The summed E-state index contributed by atoms with van der Waals surface area (Å²) < 4.78 is 0. The minimum atomic E-state index is 0.855. The Hall–Kier alpha value is -1.03. The third kappa shape index (κ3) is 4.04. The summed E-state index contributed by atoms with van der Waals surface area (Å²) in [5.74, 6) is 0. The van der Waals surface area contributed by atoms with Gasteiger partial charge in [-0.15, -0.1) is 11.3 Å². The topological polar surface area (TPSA) is 19.4 Å². The second-order valence-electron chi connectivity index (χ2n) is 3.91. The molecule has 0 radical (unpaired) electrons. The van der Waals surface area contributed by atoms with E-state index >= 15 is 0 Å². The Balaban J connectivity index is 0.000000686. The lowest BCUT2D eigenvalue weighted by Crippen LogP contribution is -2.17. The molecule has 0 unspecified atom stereocenters. The number of anilines is 1. The number of nitrogens with zero attached hydrogens (tertiary/aromatic N) is 3. The summed E-state index contributed by atoms with van der Waals surface area (Å²) in [5, 5.41) is 3.33. The zero-order valence-corrected chi connectivity index (χ0v) is 12.0. The highest BCUT2D eigenvalue weighted by molar-refractivity contribution is 7.13. The lowest BCUT2D eigenvalue weighted by atomic mass is 10.4. The lowest BCUT2D eigenvalue weighted by Gasteiger charge is -2.13. The van der Waals surface area contributed by atoms with Crippen molar-refractivity contribution in [3.05, 3.63) is 23.9 Å². The van der Waals surface area contributed by atoms with Crippen molar-refractivity contribution in [3.63, 3.8) is 0 Å². The third-order valence-electron chi connectivity index (χ3n) is 2.64. The van der Waals surface area contributed by atoms with Gasteiger partial charge in [-0.25, -0.2) is 4.98 Å². The molecule has 0 atom stereocenters. The van der Waals surface area contributed by atoms with Crippen molar-refractivity contribution in [1.82, 2.24) is 9.88 Å². The van der Waals surface area contributed by atoms with Crippen LogP contribution >= 0.6 is 11.3 Å². The average molecular weight is 253 g/mol. The molecule has 3 nitrogen and oxygen atoms in total. The van der Waals surface area contributed by atoms with Gasteiger partial charge in [0, 0.05) is 25.5 Å². The Morgan fingerprint density at radius 3 is 2.71 bits per heavy atom. The first-order chi connectivity index (χ1) is 8.29. The van der Waals surface area contributed by atoms with Crippen molar-refractivity contribution >= 4 is 16.5 Å². The van der Waals surface area contributed by atoms with Crippen molar-refractivity contribution in [2.45, 2.75) is 33.2 Å². The molecule has 1 saturated heterocycles. The molecular weight excluding hydrogens is 230 g/mol. The van der Waals surface area contributed by atoms with Gasteiger partial charge in [-0.05, 0) is 19.0 Å². The SMILES string of the molecule is C=CN(C)Cc1csc(N2CCCC2)n1.CC. The van der Waals surface area contributed by atoms with Gasteiger partial charge < -0.3 is 9.80 Å². The second kappa shape index (κ2) is 7.33. The molecule has 17 heavy (non-hydrogen) atoms. The molecule has 1 aliphatic heterocycles. The van der Waals surface area contributed by atoms with E-state index in [1.165, 1.54) is 31.1 Å². The first-order valence-corrected chi connectivity index (χ1v) is 7.19. The minimum absolute atomic E-state index is 0.855. The van der Waals surface area contributed by atoms with Gasteiger partial charge >= 0.3 is 0 Å². The normalized spacial score (nSPS) is 14.2. The van der Waals surface area contributed by atoms with Crippen LogP contribution in [-0.4, -0.2) is 30.0 Å². The molecule has 1 aliphatic rings. The highest BCUT2D eigenvalue weighted by atomic mass is 32.1. The van der Waals surface area contributed by atoms with Crippen LogP contribution in [-0.2, 0) is 6.54 Å². The van der Waals surface area contributed by atoms with Crippen LogP contribution in [0.15, 0.2) is 18.2 Å². The van der Waals surface area contributed by atoms with Crippen LogP contribution in [0, 0.1) is 0 Å². The van der Waals surface area contributed by atoms with Gasteiger partial charge in [0.1, 0.15) is 0 Å². The highest BCUT2D eigenvalue weighted by Crippen LogP contribution is 2.24. The van der Waals surface area contributed by atoms with E-state index in [4.69, 9.17) is 0 Å². The fourth-order valence-corrected chi connectivity index (χ4v) is 2.61. The van der Waals surface area contributed by atoms with Crippen LogP contribution in [0.5, 0.6) is 0 Å². The Bertz CT molecular complexity index is 329. The highest BCUT2D eigenvalue weighted by Gasteiger charge is 2.15. The van der Waals surface area contributed by atoms with Gasteiger partial charge in [-0.2, -0.15) is 0 Å². The number of aromatic nitrogens is 1. The molecule has 2 rings (SSSR count). The third-order valence-corrected chi connectivity index (χ3v) is 3.59. The van der Waals surface area contributed by atoms with Crippen LogP contribution in [0.3, 0.4) is 0 Å². The maximum atomic E-state index is 4.64. The summed E-state index contributed by atoms with van der Waals surface area (Å²) in [6.07, 6.45) is 4.44. The van der Waals surface area contributed by atoms with Gasteiger partial charge in [0.25, 0.3) is 0 Å². The number of rotatable bonds is 4. The molecule has 1 fully saturated rings. The monoisotopic (exact) mass is 253 g/mol. The summed E-state index contributed by atoms with van der Waals surface area (Å²) in [5.41, 5.74) is 1.14. The first-order valence-electron chi connectivity index (χ1n) is 6.32. The predicted molar refractivity (Wildman–Crippen MR) is 76.6 cm³/mol. The maximum Gasteiger partial charge on any atom is 0.185 e. The summed E-state index contributed by atoms with van der Waals surface area (Å²) in [7, 11) is 2.02. The molecule has 0 bridgehead atoms. The first kappa shape index (κ1) is 14.0. The van der Waals surface area contributed by atoms with Crippen molar-refractivity contribution < 1.29 is 0 Å². The van der Waals surface area contributed by atoms with E-state index in [2.05, 4.69) is 21.8 Å². The van der Waals surface area contributed by atoms with E-state index in [1.54, 1.807) is 11.3 Å². The van der Waals surface area contributed by atoms with Crippen molar-refractivity contribution in [3.8, 4) is 0 Å². The molecule has 0 amide bonds. The van der Waals surface area contributed by atoms with E-state index < -0.39 is 0 Å². The van der Waals surface area contributed by atoms with Gasteiger partial charge in [-0.3, -0.25) is 0 Å². The molecule has 0 spiro atoms. The quantitative estimate of drug-likeness (QED) is 0.820. The number of hydrogen-bond acceptors (Lipinski definition) is 4. The smallest absolute Gasteiger partial charge is 0.185 e. The van der Waals surface area contributed by atoms with Crippen molar-refractivity contribution in [2.24, 2.45) is 0 Å². The van der Waals surface area contributed by atoms with Crippen LogP contribution in [0.2, 0.25) is 0 Å². The van der Waals surface area contributed by atoms with Crippen molar-refractivity contribution in [2.75, 3.05) is 25.0 Å². The molecular formula is C13H23N3S. The number of hydrogen-bond donors (Lipinski definition) is 0. The maximum absolute atomic E-state index is 4.64. The fourth-order valence-electron chi connectivity index (χ4n) is 1.74. The Morgan fingerprint density at radius 2 is 2.12 bits per heavy atom. The number of thiazole rings is 1. The fraction of sp³-hybridized carbons (Fsp3) is 0.615. The van der Waals surface area contributed by atoms with Crippen LogP contribution in [0.4, 0.5) is 5.13 Å². The summed E-state index contributed by atoms with van der Waals surface area (Å²) in [4.78, 5) is 9.06. The lowest BCUT2D eigenvalue weighted by molar-refractivity contribution is 0.447. The Labute approximate surface area is 109 Å². The molecule has 0 N–H and O–H groups in total. The minimum Gasteiger partial charge on any atom is -0.375 e. The Kier molecular flexibility index (Phi) is 6.05. The van der Waals surface area contributed by atoms with Crippen LogP contribution < -0.4 is 4.90 Å². The summed E-state index contributed by atoms with van der Waals surface area (Å²) >= 11 is 1.75. The van der Waals surface area contributed by atoms with Crippen molar-refractivity contribution in [1.29, 1.82) is 0 Å². The summed E-state index contributed by atoms with van der Waals surface area (Å²) in [6.45, 7) is 10.9. The molecule has 0 aliphatic carbocycles. The zero-order chi connectivity index (χ0) is 12.7. The zero-order valence-electron chi connectivity index (χ0n) is 11.1. The summed E-state index contributed by atoms with van der Waals surface area (Å²) in [6, 6.07) is 0. The average Bonchev–Trinajstić information content (AvgIpc) is 3.01. The van der Waals surface area contributed by atoms with E-state index in [1.807, 2.05) is 32.0 Å². The van der Waals surface area contributed by atoms with E-state index in [-0.39, 0.29) is 0 Å². The molecule has 0 saturated carbocycles. The Morgan fingerprint density at radius 1 is 1.47 bits per heavy atom. The molecule has 1 aromatic heterocycles. The second-order valence-corrected chi connectivity index (χ2v) is 4.75. The van der Waals surface area contributed by atoms with E-state index in [9.17, 15) is 0 Å². The van der Waals surface area contributed by atoms with Gasteiger partial charge in [0.05, 0.1) is 12.2 Å². The van der Waals surface area contributed by atoms with Gasteiger partial charge in [0.15, 0.2) is 5.13 Å². The molecule has 1 aromatic rings. The predicted octanol–water partition coefficient (Wildman–Crippen LogP) is 3.34. The molecule has 2 heterocycles. The van der Waals surface area contributed by atoms with Crippen LogP contribution in [0.25, 0.3) is 0 Å². The molecule has 4 heteroatoms. The molecule has 96 valence electrons. The van der Waals surface area contributed by atoms with Crippen LogP contribution in [0.1, 0.15) is 32.4 Å². The van der Waals surface area contributed by atoms with E-state index in [0.29, 0.717) is 0 Å². The van der Waals surface area contributed by atoms with Gasteiger partial charge in [-0.1, -0.05) is 20.4 Å². The molecule has 0 aromatic carbocycles. The largest absolute Gasteiger partial charge is 0.375 e. The standard InChI is InChI=1S/C11H17N3S.C2H6/c1-3-13(2)8-10-9-15-11(12-10)14-6-4-5-7-14;1-2/h3,9H,1,4-8H2,2H3;1-2H3.